The van der Waals surface area contributed by atoms with Crippen molar-refractivity contribution in [1.29, 1.82) is 0 Å². The summed E-state index contributed by atoms with van der Waals surface area (Å²) in [5.41, 5.74) is 2.70. The third-order valence-corrected chi connectivity index (χ3v) is 8.21. The number of benzene rings is 1. The van der Waals surface area contributed by atoms with Crippen molar-refractivity contribution < 1.29 is 26.4 Å². The van der Waals surface area contributed by atoms with Gasteiger partial charge in [-0.25, -0.2) is 13.1 Å². The molecule has 1 aromatic heterocycles. The SMILES string of the molecule is Cc1cc(-c2ccc(S(=O)(=O)N[C@H]3CC[C@H](C(=O)N4CCNC(C(F)(F)F)C4)CC3)cc2)ccn1. The summed E-state index contributed by atoms with van der Waals surface area (Å²) >= 11 is 0. The molecule has 0 spiro atoms. The molecule has 1 saturated carbocycles. The van der Waals surface area contributed by atoms with Crippen molar-refractivity contribution in [3.8, 4) is 11.1 Å². The summed E-state index contributed by atoms with van der Waals surface area (Å²) in [4.78, 5) is 18.4. The van der Waals surface area contributed by atoms with E-state index in [4.69, 9.17) is 0 Å². The molecule has 2 aliphatic rings. The zero-order valence-electron chi connectivity index (χ0n) is 19.4. The molecule has 0 bridgehead atoms. The Morgan fingerprint density at radius 2 is 1.77 bits per heavy atom. The van der Waals surface area contributed by atoms with Gasteiger partial charge in [-0.2, -0.15) is 13.2 Å². The number of piperazine rings is 1. The zero-order chi connectivity index (χ0) is 25.2. The number of carbonyl (C=O) groups excluding carboxylic acids is 1. The van der Waals surface area contributed by atoms with Gasteiger partial charge in [0.2, 0.25) is 15.9 Å². The second-order valence-corrected chi connectivity index (χ2v) is 10.9. The first-order valence-electron chi connectivity index (χ1n) is 11.7. The Labute approximate surface area is 203 Å². The lowest BCUT2D eigenvalue weighted by Crippen LogP contribution is -2.59. The molecular formula is C24H29F3N4O3S. The normalized spacial score (nSPS) is 23.8. The fourth-order valence-corrected chi connectivity index (χ4v) is 6.03. The average molecular weight is 511 g/mol. The first-order chi connectivity index (χ1) is 16.5. The Morgan fingerprint density at radius 3 is 2.40 bits per heavy atom. The van der Waals surface area contributed by atoms with Gasteiger partial charge in [-0.3, -0.25) is 9.78 Å². The summed E-state index contributed by atoms with van der Waals surface area (Å²) in [5.74, 6) is -0.658. The van der Waals surface area contributed by atoms with Crippen LogP contribution >= 0.6 is 0 Å². The van der Waals surface area contributed by atoms with Gasteiger partial charge in [0.1, 0.15) is 6.04 Å². The van der Waals surface area contributed by atoms with E-state index in [1.165, 1.54) is 4.90 Å². The predicted octanol–water partition coefficient (Wildman–Crippen LogP) is 3.26. The molecule has 4 rings (SSSR count). The van der Waals surface area contributed by atoms with Crippen molar-refractivity contribution >= 4 is 15.9 Å². The third-order valence-electron chi connectivity index (χ3n) is 6.68. The largest absolute Gasteiger partial charge is 0.405 e. The van der Waals surface area contributed by atoms with Gasteiger partial charge in [0.25, 0.3) is 0 Å². The summed E-state index contributed by atoms with van der Waals surface area (Å²) in [5, 5.41) is 2.41. The molecule has 1 aromatic carbocycles. The maximum Gasteiger partial charge on any atom is 0.405 e. The molecule has 11 heteroatoms. The molecule has 1 aliphatic heterocycles. The summed E-state index contributed by atoms with van der Waals surface area (Å²) in [7, 11) is -3.74. The van der Waals surface area contributed by atoms with Gasteiger partial charge >= 0.3 is 6.18 Å². The number of sulfonamides is 1. The summed E-state index contributed by atoms with van der Waals surface area (Å²) < 4.78 is 67.6. The number of rotatable bonds is 5. The topological polar surface area (TPSA) is 91.4 Å². The van der Waals surface area contributed by atoms with Crippen LogP contribution in [0.4, 0.5) is 13.2 Å². The van der Waals surface area contributed by atoms with Gasteiger partial charge in [-0.1, -0.05) is 12.1 Å². The number of carbonyl (C=O) groups is 1. The van der Waals surface area contributed by atoms with Crippen LogP contribution in [-0.4, -0.2) is 62.1 Å². The minimum absolute atomic E-state index is 0.102. The van der Waals surface area contributed by atoms with Crippen LogP contribution in [0.25, 0.3) is 11.1 Å². The monoisotopic (exact) mass is 510 g/mol. The van der Waals surface area contributed by atoms with Gasteiger partial charge in [-0.15, -0.1) is 0 Å². The Morgan fingerprint density at radius 1 is 1.09 bits per heavy atom. The molecule has 190 valence electrons. The van der Waals surface area contributed by atoms with Crippen LogP contribution in [0.3, 0.4) is 0 Å². The van der Waals surface area contributed by atoms with E-state index in [0.29, 0.717) is 25.7 Å². The second kappa shape index (κ2) is 10.2. The van der Waals surface area contributed by atoms with Crippen LogP contribution in [0, 0.1) is 12.8 Å². The maximum absolute atomic E-state index is 13.0. The van der Waals surface area contributed by atoms with E-state index in [0.717, 1.165) is 16.8 Å². The van der Waals surface area contributed by atoms with Crippen LogP contribution in [0.1, 0.15) is 31.4 Å². The third kappa shape index (κ3) is 6.20. The molecule has 2 heterocycles. The summed E-state index contributed by atoms with van der Waals surface area (Å²) in [6, 6.07) is 8.37. The molecule has 1 unspecified atom stereocenters. The summed E-state index contributed by atoms with van der Waals surface area (Å²) in [6.45, 7) is 1.85. The van der Waals surface area contributed by atoms with Crippen molar-refractivity contribution in [1.82, 2.24) is 19.9 Å². The minimum atomic E-state index is -4.40. The van der Waals surface area contributed by atoms with Gasteiger partial charge in [0.05, 0.1) is 4.90 Å². The Bertz CT molecular complexity index is 1150. The minimum Gasteiger partial charge on any atom is -0.339 e. The van der Waals surface area contributed by atoms with Gasteiger partial charge < -0.3 is 10.2 Å². The van der Waals surface area contributed by atoms with E-state index in [9.17, 15) is 26.4 Å². The van der Waals surface area contributed by atoms with E-state index < -0.39 is 22.2 Å². The first kappa shape index (κ1) is 25.6. The van der Waals surface area contributed by atoms with Crippen molar-refractivity contribution in [3.05, 3.63) is 48.3 Å². The predicted molar refractivity (Wildman–Crippen MR) is 125 cm³/mol. The lowest BCUT2D eigenvalue weighted by molar-refractivity contribution is -0.169. The van der Waals surface area contributed by atoms with Gasteiger partial charge in [0.15, 0.2) is 0 Å². The van der Waals surface area contributed by atoms with Crippen molar-refractivity contribution in [2.75, 3.05) is 19.6 Å². The highest BCUT2D eigenvalue weighted by molar-refractivity contribution is 7.89. The number of hydrogen-bond acceptors (Lipinski definition) is 5. The summed E-state index contributed by atoms with van der Waals surface area (Å²) in [6.07, 6.45) is -0.906. The number of aryl methyl sites for hydroxylation is 1. The number of halogens is 3. The zero-order valence-corrected chi connectivity index (χ0v) is 20.2. The van der Waals surface area contributed by atoms with E-state index in [2.05, 4.69) is 15.0 Å². The van der Waals surface area contributed by atoms with Crippen LogP contribution in [0.15, 0.2) is 47.5 Å². The number of nitrogens with zero attached hydrogens (tertiary/aromatic N) is 2. The second-order valence-electron chi connectivity index (χ2n) is 9.21. The van der Waals surface area contributed by atoms with Crippen LogP contribution in [0.2, 0.25) is 0 Å². The van der Waals surface area contributed by atoms with Gasteiger partial charge in [0, 0.05) is 43.5 Å². The molecule has 1 aliphatic carbocycles. The highest BCUT2D eigenvalue weighted by Gasteiger charge is 2.43. The van der Waals surface area contributed by atoms with Crippen molar-refractivity contribution in [2.24, 2.45) is 5.92 Å². The molecule has 1 amide bonds. The number of pyridine rings is 1. The number of nitrogens with one attached hydrogen (secondary N) is 2. The highest BCUT2D eigenvalue weighted by Crippen LogP contribution is 2.29. The number of aromatic nitrogens is 1. The standard InChI is InChI=1S/C24H29F3N4O3S/c1-16-14-19(10-11-28-16)17-4-8-21(9-5-17)35(33,34)30-20-6-2-18(3-7-20)23(32)31-13-12-29-22(15-31)24(25,26)27/h4-5,8-11,14,18,20,22,29-30H,2-3,6-7,12-13,15H2,1H3/t18-,20-,22?. The van der Waals surface area contributed by atoms with Crippen molar-refractivity contribution in [3.63, 3.8) is 0 Å². The fraction of sp³-hybridized carbons (Fsp3) is 0.500. The lowest BCUT2D eigenvalue weighted by atomic mass is 9.85. The molecule has 7 nitrogen and oxygen atoms in total. The Balaban J connectivity index is 1.32. The number of alkyl halides is 3. The smallest absolute Gasteiger partial charge is 0.339 e. The number of hydrogen-bond donors (Lipinski definition) is 2. The van der Waals surface area contributed by atoms with Crippen molar-refractivity contribution in [2.45, 2.75) is 55.8 Å². The molecule has 1 atom stereocenters. The number of amides is 1. The highest BCUT2D eigenvalue weighted by atomic mass is 32.2. The van der Waals surface area contributed by atoms with E-state index in [1.807, 2.05) is 19.1 Å². The van der Waals surface area contributed by atoms with Gasteiger partial charge in [-0.05, 0) is 68.0 Å². The maximum atomic E-state index is 13.0. The molecule has 35 heavy (non-hydrogen) atoms. The van der Waals surface area contributed by atoms with Crippen LogP contribution in [0.5, 0.6) is 0 Å². The van der Waals surface area contributed by atoms with Crippen LogP contribution < -0.4 is 10.0 Å². The van der Waals surface area contributed by atoms with Crippen LogP contribution in [-0.2, 0) is 14.8 Å². The molecule has 2 N–H and O–H groups in total. The molecule has 2 aromatic rings. The van der Waals surface area contributed by atoms with E-state index in [-0.39, 0.29) is 42.4 Å². The molecular weight excluding hydrogens is 481 g/mol. The molecule has 1 saturated heterocycles. The fourth-order valence-electron chi connectivity index (χ4n) is 4.72. The lowest BCUT2D eigenvalue weighted by Gasteiger charge is -2.38. The van der Waals surface area contributed by atoms with E-state index in [1.54, 1.807) is 30.5 Å². The average Bonchev–Trinajstić information content (AvgIpc) is 2.83. The molecule has 2 fully saturated rings. The molecule has 0 radical (unpaired) electrons. The van der Waals surface area contributed by atoms with E-state index >= 15 is 0 Å². The Hall–Kier alpha value is -2.50. The first-order valence-corrected chi connectivity index (χ1v) is 13.2. The quantitative estimate of drug-likeness (QED) is 0.645. The Kier molecular flexibility index (Phi) is 7.48.